The molecule has 0 aliphatic heterocycles. The van der Waals surface area contributed by atoms with Crippen LogP contribution in [-0.2, 0) is 12.8 Å². The third kappa shape index (κ3) is 3.99. The predicted octanol–water partition coefficient (Wildman–Crippen LogP) is 5.66. The van der Waals surface area contributed by atoms with Gasteiger partial charge in [0, 0.05) is 22.7 Å². The zero-order valence-corrected chi connectivity index (χ0v) is 15.5. The van der Waals surface area contributed by atoms with Crippen LogP contribution in [0.15, 0.2) is 42.5 Å². The van der Waals surface area contributed by atoms with Crippen molar-refractivity contribution in [1.29, 1.82) is 0 Å². The summed E-state index contributed by atoms with van der Waals surface area (Å²) in [6.45, 7) is 2.18. The summed E-state index contributed by atoms with van der Waals surface area (Å²) in [5.74, 6) is 0.279. The molecule has 0 aliphatic carbocycles. The van der Waals surface area contributed by atoms with Gasteiger partial charge in [-0.05, 0) is 54.9 Å². The molecule has 3 rings (SSSR count). The van der Waals surface area contributed by atoms with E-state index < -0.39 is 0 Å². The Hall–Kier alpha value is -1.98. The molecule has 0 radical (unpaired) electrons. The average Bonchev–Trinajstić information content (AvgIpc) is 2.97. The van der Waals surface area contributed by atoms with Gasteiger partial charge in [0.2, 0.25) is 0 Å². The minimum atomic E-state index is -0.345. The Bertz CT molecular complexity index is 895. The normalized spacial score (nSPS) is 11.0. The first-order valence-electron chi connectivity index (χ1n) is 8.28. The largest absolute Gasteiger partial charge is 0.272 e. The maximum absolute atomic E-state index is 14.1. The summed E-state index contributed by atoms with van der Waals surface area (Å²) in [7, 11) is 0. The lowest BCUT2D eigenvalue weighted by Gasteiger charge is -2.09. The summed E-state index contributed by atoms with van der Waals surface area (Å²) in [4.78, 5) is 0. The number of H-pyrrole nitrogens is 1. The van der Waals surface area contributed by atoms with Gasteiger partial charge in [0.15, 0.2) is 4.77 Å². The van der Waals surface area contributed by atoms with Gasteiger partial charge in [-0.2, -0.15) is 5.10 Å². The second-order valence-electron chi connectivity index (χ2n) is 5.93. The first kappa shape index (κ1) is 17.8. The van der Waals surface area contributed by atoms with Gasteiger partial charge >= 0.3 is 0 Å². The fourth-order valence-corrected chi connectivity index (χ4v) is 3.25. The summed E-state index contributed by atoms with van der Waals surface area (Å²) in [6.07, 6.45) is 3.66. The quantitative estimate of drug-likeness (QED) is 0.564. The molecule has 0 saturated heterocycles. The highest BCUT2D eigenvalue weighted by molar-refractivity contribution is 7.71. The highest BCUT2D eigenvalue weighted by Gasteiger charge is 2.14. The fraction of sp³-hybridized carbons (Fsp3) is 0.263. The van der Waals surface area contributed by atoms with Crippen LogP contribution < -0.4 is 0 Å². The van der Waals surface area contributed by atoms with Crippen molar-refractivity contribution < 1.29 is 4.39 Å². The molecule has 2 aromatic carbocycles. The highest BCUT2D eigenvalue weighted by atomic mass is 35.5. The first-order chi connectivity index (χ1) is 12.1. The molecule has 0 aliphatic rings. The number of benzene rings is 2. The molecule has 0 spiro atoms. The van der Waals surface area contributed by atoms with E-state index in [4.69, 9.17) is 23.8 Å². The molecule has 0 saturated carbocycles. The van der Waals surface area contributed by atoms with Gasteiger partial charge in [-0.15, -0.1) is 0 Å². The van der Waals surface area contributed by atoms with Crippen molar-refractivity contribution in [3.8, 4) is 5.69 Å². The molecule has 0 unspecified atom stereocenters. The Morgan fingerprint density at radius 3 is 2.64 bits per heavy atom. The number of aromatic amines is 1. The van der Waals surface area contributed by atoms with Gasteiger partial charge in [-0.1, -0.05) is 43.1 Å². The number of hydrogen-bond donors (Lipinski definition) is 1. The van der Waals surface area contributed by atoms with Crippen LogP contribution in [0.2, 0.25) is 5.02 Å². The number of unbranched alkanes of at least 4 members (excludes halogenated alkanes) is 1. The van der Waals surface area contributed by atoms with Crippen molar-refractivity contribution >= 4 is 23.8 Å². The molecule has 3 aromatic rings. The summed E-state index contributed by atoms with van der Waals surface area (Å²) >= 11 is 11.5. The van der Waals surface area contributed by atoms with E-state index in [1.54, 1.807) is 12.1 Å². The van der Waals surface area contributed by atoms with Gasteiger partial charge in [-0.3, -0.25) is 9.67 Å². The Labute approximate surface area is 156 Å². The van der Waals surface area contributed by atoms with Gasteiger partial charge in [0.25, 0.3) is 0 Å². The molecule has 1 N–H and O–H groups in total. The number of hydrogen-bond acceptors (Lipinski definition) is 2. The molecular formula is C19H19ClFN3S. The predicted molar refractivity (Wildman–Crippen MR) is 102 cm³/mol. The summed E-state index contributed by atoms with van der Waals surface area (Å²) in [5, 5.41) is 7.44. The number of halogens is 2. The van der Waals surface area contributed by atoms with E-state index >= 15 is 0 Å². The minimum absolute atomic E-state index is 0.260. The van der Waals surface area contributed by atoms with Crippen LogP contribution in [0.25, 0.3) is 5.69 Å². The third-order valence-electron chi connectivity index (χ3n) is 4.15. The molecule has 1 aromatic heterocycles. The molecule has 0 atom stereocenters. The number of nitrogens with one attached hydrogen (secondary N) is 1. The lowest BCUT2D eigenvalue weighted by Crippen LogP contribution is -2.04. The smallest absolute Gasteiger partial charge is 0.199 e. The topological polar surface area (TPSA) is 33.6 Å². The van der Waals surface area contributed by atoms with Crippen molar-refractivity contribution in [3.63, 3.8) is 0 Å². The summed E-state index contributed by atoms with van der Waals surface area (Å²) < 4.78 is 16.4. The highest BCUT2D eigenvalue weighted by Crippen LogP contribution is 2.23. The van der Waals surface area contributed by atoms with Crippen molar-refractivity contribution in [2.45, 2.75) is 32.6 Å². The number of rotatable bonds is 6. The maximum atomic E-state index is 14.1. The molecule has 6 heteroatoms. The van der Waals surface area contributed by atoms with E-state index in [0.717, 1.165) is 12.1 Å². The second kappa shape index (κ2) is 7.93. The molecule has 25 heavy (non-hydrogen) atoms. The minimum Gasteiger partial charge on any atom is -0.272 e. The second-order valence-corrected chi connectivity index (χ2v) is 6.72. The van der Waals surface area contributed by atoms with Crippen LogP contribution >= 0.6 is 23.8 Å². The van der Waals surface area contributed by atoms with E-state index in [2.05, 4.69) is 29.3 Å². The van der Waals surface area contributed by atoms with Crippen LogP contribution in [0.4, 0.5) is 4.39 Å². The Kier molecular flexibility index (Phi) is 5.66. The first-order valence-corrected chi connectivity index (χ1v) is 9.07. The van der Waals surface area contributed by atoms with Crippen LogP contribution in [0.5, 0.6) is 0 Å². The van der Waals surface area contributed by atoms with Crippen LogP contribution in [0.1, 0.15) is 36.7 Å². The van der Waals surface area contributed by atoms with Gasteiger partial charge in [0.05, 0.1) is 0 Å². The zero-order chi connectivity index (χ0) is 17.8. The van der Waals surface area contributed by atoms with Crippen LogP contribution in [0.3, 0.4) is 0 Å². The van der Waals surface area contributed by atoms with E-state index in [1.807, 2.05) is 16.7 Å². The van der Waals surface area contributed by atoms with E-state index in [-0.39, 0.29) is 12.2 Å². The molecule has 3 nitrogen and oxygen atoms in total. The molecule has 1 heterocycles. The fourth-order valence-electron chi connectivity index (χ4n) is 2.77. The molecule has 0 fully saturated rings. The monoisotopic (exact) mass is 375 g/mol. The van der Waals surface area contributed by atoms with E-state index in [1.165, 1.54) is 24.5 Å². The van der Waals surface area contributed by atoms with E-state index in [0.29, 0.717) is 21.2 Å². The number of nitrogens with zero attached hydrogens (tertiary/aromatic N) is 2. The van der Waals surface area contributed by atoms with Gasteiger partial charge in [-0.25, -0.2) is 4.39 Å². The van der Waals surface area contributed by atoms with Crippen molar-refractivity contribution in [2.75, 3.05) is 0 Å². The molecule has 130 valence electrons. The standard InChI is InChI=1S/C19H19ClFN3S/c1-2-3-5-13-8-10-14(11-9-13)24-18(22-23-19(24)25)12-15-16(20)6-4-7-17(15)21/h4,6-11H,2-3,5,12H2,1H3,(H,23,25). The molecule has 0 bridgehead atoms. The number of aromatic nitrogens is 3. The third-order valence-corrected chi connectivity index (χ3v) is 4.78. The Morgan fingerprint density at radius 1 is 1.20 bits per heavy atom. The SMILES string of the molecule is CCCCc1ccc(-n2c(Cc3c(F)cccc3Cl)n[nH]c2=S)cc1. The van der Waals surface area contributed by atoms with Crippen molar-refractivity contribution in [3.05, 3.63) is 75.0 Å². The van der Waals surface area contributed by atoms with Gasteiger partial charge in [0.1, 0.15) is 11.6 Å². The van der Waals surface area contributed by atoms with Crippen LogP contribution in [0, 0.1) is 10.6 Å². The molecule has 0 amide bonds. The van der Waals surface area contributed by atoms with E-state index in [9.17, 15) is 4.39 Å². The lowest BCUT2D eigenvalue weighted by atomic mass is 10.1. The Morgan fingerprint density at radius 2 is 1.96 bits per heavy atom. The Balaban J connectivity index is 1.93. The zero-order valence-electron chi connectivity index (χ0n) is 13.9. The lowest BCUT2D eigenvalue weighted by molar-refractivity contribution is 0.611. The van der Waals surface area contributed by atoms with Gasteiger partial charge < -0.3 is 0 Å². The maximum Gasteiger partial charge on any atom is 0.199 e. The number of aryl methyl sites for hydroxylation is 1. The summed E-state index contributed by atoms with van der Waals surface area (Å²) in [6, 6.07) is 12.9. The summed E-state index contributed by atoms with van der Waals surface area (Å²) in [5.41, 5.74) is 2.61. The van der Waals surface area contributed by atoms with Crippen molar-refractivity contribution in [1.82, 2.24) is 14.8 Å². The van der Waals surface area contributed by atoms with Crippen molar-refractivity contribution in [2.24, 2.45) is 0 Å². The van der Waals surface area contributed by atoms with Crippen LogP contribution in [-0.4, -0.2) is 14.8 Å². The average molecular weight is 376 g/mol. The molecular weight excluding hydrogens is 357 g/mol.